The first kappa shape index (κ1) is 14.8. The molecule has 0 fully saturated rings. The van der Waals surface area contributed by atoms with Crippen LogP contribution in [-0.2, 0) is 6.54 Å². The van der Waals surface area contributed by atoms with Crippen LogP contribution in [0.1, 0.15) is 11.1 Å². The summed E-state index contributed by atoms with van der Waals surface area (Å²) in [5, 5.41) is 5.59. The molecule has 3 rings (SSSR count). The minimum Gasteiger partial charge on any atom is -0.463 e. The molecule has 0 atom stereocenters. The maximum Gasteiger partial charge on any atom is 0.319 e. The molecule has 0 unspecified atom stereocenters. The van der Waals surface area contributed by atoms with Gasteiger partial charge in [0.15, 0.2) is 5.76 Å². The highest BCUT2D eigenvalue weighted by molar-refractivity contribution is 5.89. The maximum atomic E-state index is 11.9. The summed E-state index contributed by atoms with van der Waals surface area (Å²) in [5.41, 5.74) is 3.60. The largest absolute Gasteiger partial charge is 0.463 e. The van der Waals surface area contributed by atoms with Gasteiger partial charge in [-0.15, -0.1) is 0 Å². The topological polar surface area (TPSA) is 67.2 Å². The van der Waals surface area contributed by atoms with Crippen molar-refractivity contribution >= 4 is 11.7 Å². The average molecular weight is 307 g/mol. The van der Waals surface area contributed by atoms with Crippen LogP contribution in [-0.4, -0.2) is 11.0 Å². The van der Waals surface area contributed by atoms with Gasteiger partial charge in [-0.1, -0.05) is 23.8 Å². The van der Waals surface area contributed by atoms with Crippen molar-refractivity contribution in [2.24, 2.45) is 0 Å². The van der Waals surface area contributed by atoms with Crippen LogP contribution in [0.2, 0.25) is 0 Å². The van der Waals surface area contributed by atoms with E-state index in [0.29, 0.717) is 6.54 Å². The lowest BCUT2D eigenvalue weighted by atomic mass is 10.2. The Morgan fingerprint density at radius 3 is 2.61 bits per heavy atom. The van der Waals surface area contributed by atoms with Crippen molar-refractivity contribution in [3.63, 3.8) is 0 Å². The third-order valence-electron chi connectivity index (χ3n) is 3.36. The number of furan rings is 1. The molecule has 0 radical (unpaired) electrons. The number of nitrogens with zero attached hydrogens (tertiary/aromatic N) is 1. The second kappa shape index (κ2) is 6.79. The number of pyridine rings is 1. The Bertz CT molecular complexity index is 763. The summed E-state index contributed by atoms with van der Waals surface area (Å²) in [4.78, 5) is 16.2. The smallest absolute Gasteiger partial charge is 0.319 e. The Kier molecular flexibility index (Phi) is 4.38. The number of carbonyl (C=O) groups is 1. The van der Waals surface area contributed by atoms with E-state index in [1.807, 2.05) is 55.5 Å². The number of aromatic nitrogens is 1. The van der Waals surface area contributed by atoms with E-state index >= 15 is 0 Å². The zero-order chi connectivity index (χ0) is 16.1. The first-order valence-corrected chi connectivity index (χ1v) is 7.31. The molecular formula is C18H17N3O2. The van der Waals surface area contributed by atoms with E-state index in [1.165, 1.54) is 0 Å². The zero-order valence-corrected chi connectivity index (χ0v) is 12.7. The third kappa shape index (κ3) is 3.97. The standard InChI is InChI=1S/C18H17N3O2/c1-13-4-7-15(8-5-13)21-18(22)20-12-14-6-9-16(19-11-14)17-3-2-10-23-17/h2-11H,12H2,1H3,(H2,20,21,22). The monoisotopic (exact) mass is 307 g/mol. The van der Waals surface area contributed by atoms with E-state index in [2.05, 4.69) is 15.6 Å². The van der Waals surface area contributed by atoms with E-state index in [-0.39, 0.29) is 6.03 Å². The molecule has 5 heteroatoms. The highest BCUT2D eigenvalue weighted by Crippen LogP contribution is 2.17. The molecule has 5 nitrogen and oxygen atoms in total. The molecule has 2 heterocycles. The number of carbonyl (C=O) groups excluding carboxylic acids is 1. The van der Waals surface area contributed by atoms with Crippen LogP contribution in [0.25, 0.3) is 11.5 Å². The highest BCUT2D eigenvalue weighted by atomic mass is 16.3. The number of rotatable bonds is 4. The summed E-state index contributed by atoms with van der Waals surface area (Å²) in [5.74, 6) is 0.724. The maximum absolute atomic E-state index is 11.9. The quantitative estimate of drug-likeness (QED) is 0.766. The van der Waals surface area contributed by atoms with E-state index in [1.54, 1.807) is 12.5 Å². The number of urea groups is 1. The van der Waals surface area contributed by atoms with E-state index < -0.39 is 0 Å². The molecular weight excluding hydrogens is 290 g/mol. The molecule has 2 amide bonds. The van der Waals surface area contributed by atoms with E-state index in [0.717, 1.165) is 28.3 Å². The molecule has 0 saturated heterocycles. The van der Waals surface area contributed by atoms with Gasteiger partial charge in [0.25, 0.3) is 0 Å². The fourth-order valence-corrected chi connectivity index (χ4v) is 2.09. The predicted molar refractivity (Wildman–Crippen MR) is 89.0 cm³/mol. The van der Waals surface area contributed by atoms with Gasteiger partial charge in [0, 0.05) is 18.4 Å². The van der Waals surface area contributed by atoms with Crippen molar-refractivity contribution in [2.75, 3.05) is 5.32 Å². The predicted octanol–water partition coefficient (Wildman–Crippen LogP) is 3.97. The summed E-state index contributed by atoms with van der Waals surface area (Å²) in [6.07, 6.45) is 3.34. The lowest BCUT2D eigenvalue weighted by Crippen LogP contribution is -2.28. The van der Waals surface area contributed by atoms with Gasteiger partial charge in [0.05, 0.1) is 6.26 Å². The molecule has 0 spiro atoms. The lowest BCUT2D eigenvalue weighted by Gasteiger charge is -2.08. The first-order valence-electron chi connectivity index (χ1n) is 7.31. The summed E-state index contributed by atoms with van der Waals surface area (Å²) in [6, 6.07) is 14.9. The van der Waals surface area contributed by atoms with Crippen molar-refractivity contribution < 1.29 is 9.21 Å². The summed E-state index contributed by atoms with van der Waals surface area (Å²) in [7, 11) is 0. The number of amides is 2. The second-order valence-electron chi connectivity index (χ2n) is 5.20. The molecule has 116 valence electrons. The van der Waals surface area contributed by atoms with Gasteiger partial charge in [-0.3, -0.25) is 4.98 Å². The molecule has 3 aromatic rings. The normalized spacial score (nSPS) is 10.3. The minimum absolute atomic E-state index is 0.246. The molecule has 0 aliphatic rings. The Morgan fingerprint density at radius 2 is 1.96 bits per heavy atom. The lowest BCUT2D eigenvalue weighted by molar-refractivity contribution is 0.251. The van der Waals surface area contributed by atoms with Gasteiger partial charge in [0.2, 0.25) is 0 Å². The second-order valence-corrected chi connectivity index (χ2v) is 5.20. The van der Waals surface area contributed by atoms with Crippen molar-refractivity contribution in [3.8, 4) is 11.5 Å². The first-order chi connectivity index (χ1) is 11.2. The molecule has 0 aliphatic carbocycles. The van der Waals surface area contributed by atoms with Crippen LogP contribution >= 0.6 is 0 Å². The zero-order valence-electron chi connectivity index (χ0n) is 12.7. The highest BCUT2D eigenvalue weighted by Gasteiger charge is 2.04. The summed E-state index contributed by atoms with van der Waals surface area (Å²) < 4.78 is 5.29. The average Bonchev–Trinajstić information content (AvgIpc) is 3.10. The van der Waals surface area contributed by atoms with Crippen molar-refractivity contribution in [3.05, 3.63) is 72.1 Å². The summed E-state index contributed by atoms with van der Waals surface area (Å²) in [6.45, 7) is 2.41. The molecule has 0 saturated carbocycles. The van der Waals surface area contributed by atoms with Gasteiger partial charge in [-0.2, -0.15) is 0 Å². The number of anilines is 1. The van der Waals surface area contributed by atoms with Crippen LogP contribution < -0.4 is 10.6 Å². The molecule has 0 aliphatic heterocycles. The van der Waals surface area contributed by atoms with Gasteiger partial charge < -0.3 is 15.1 Å². The van der Waals surface area contributed by atoms with Crippen LogP contribution in [0, 0.1) is 6.92 Å². The number of hydrogen-bond acceptors (Lipinski definition) is 3. The number of hydrogen-bond donors (Lipinski definition) is 2. The van der Waals surface area contributed by atoms with E-state index in [4.69, 9.17) is 4.42 Å². The third-order valence-corrected chi connectivity index (χ3v) is 3.36. The molecule has 1 aromatic carbocycles. The van der Waals surface area contributed by atoms with Crippen molar-refractivity contribution in [1.29, 1.82) is 0 Å². The Labute approximate surface area is 134 Å². The molecule has 2 aromatic heterocycles. The fourth-order valence-electron chi connectivity index (χ4n) is 2.09. The number of aryl methyl sites for hydroxylation is 1. The van der Waals surface area contributed by atoms with Crippen LogP contribution in [0.3, 0.4) is 0 Å². The Morgan fingerprint density at radius 1 is 1.13 bits per heavy atom. The van der Waals surface area contributed by atoms with Crippen molar-refractivity contribution in [1.82, 2.24) is 10.3 Å². The SMILES string of the molecule is Cc1ccc(NC(=O)NCc2ccc(-c3ccco3)nc2)cc1. The van der Waals surface area contributed by atoms with Crippen molar-refractivity contribution in [2.45, 2.75) is 13.5 Å². The van der Waals surface area contributed by atoms with Gasteiger partial charge >= 0.3 is 6.03 Å². The molecule has 23 heavy (non-hydrogen) atoms. The minimum atomic E-state index is -0.246. The fraction of sp³-hybridized carbons (Fsp3) is 0.111. The van der Waals surface area contributed by atoms with Gasteiger partial charge in [-0.25, -0.2) is 4.79 Å². The number of nitrogens with one attached hydrogen (secondary N) is 2. The van der Waals surface area contributed by atoms with Crippen LogP contribution in [0.4, 0.5) is 10.5 Å². The molecule has 0 bridgehead atoms. The van der Waals surface area contributed by atoms with Gasteiger partial charge in [0.1, 0.15) is 5.69 Å². The van der Waals surface area contributed by atoms with E-state index in [9.17, 15) is 4.79 Å². The Hall–Kier alpha value is -3.08. The van der Waals surface area contributed by atoms with Gasteiger partial charge in [-0.05, 0) is 42.8 Å². The van der Waals surface area contributed by atoms with Crippen LogP contribution in [0.5, 0.6) is 0 Å². The summed E-state index contributed by atoms with van der Waals surface area (Å²) >= 11 is 0. The molecule has 2 N–H and O–H groups in total. The van der Waals surface area contributed by atoms with Crippen LogP contribution in [0.15, 0.2) is 65.4 Å². The Balaban J connectivity index is 1.53. The number of benzene rings is 1.